The number of fused-ring (bicyclic) bond motifs is 1. The van der Waals surface area contributed by atoms with E-state index in [1.54, 1.807) is 0 Å². The lowest BCUT2D eigenvalue weighted by molar-refractivity contribution is -0.119. The van der Waals surface area contributed by atoms with Crippen molar-refractivity contribution in [2.75, 3.05) is 6.54 Å². The molecule has 1 aliphatic carbocycles. The van der Waals surface area contributed by atoms with Gasteiger partial charge in [-0.1, -0.05) is 79.7 Å². The maximum absolute atomic E-state index is 13.6. The van der Waals surface area contributed by atoms with E-state index >= 15 is 0 Å². The third kappa shape index (κ3) is 4.82. The number of aryl methyl sites for hydroxylation is 1. The second-order valence-corrected chi connectivity index (χ2v) is 9.72. The second-order valence-electron chi connectivity index (χ2n) is 9.72. The summed E-state index contributed by atoms with van der Waals surface area (Å²) in [6, 6.07) is 26.0. The van der Waals surface area contributed by atoms with Gasteiger partial charge >= 0.3 is 0 Å². The van der Waals surface area contributed by atoms with Gasteiger partial charge in [0.25, 0.3) is 0 Å². The van der Waals surface area contributed by atoms with Gasteiger partial charge in [-0.25, -0.2) is 0 Å². The number of aliphatic hydroxyl groups excluding tert-OH is 1. The Morgan fingerprint density at radius 1 is 1.05 bits per heavy atom. The van der Waals surface area contributed by atoms with Crippen LogP contribution in [0.1, 0.15) is 60.1 Å². The lowest BCUT2D eigenvalue weighted by atomic mass is 9.84. The average molecular weight is 493 g/mol. The number of aromatic amines is 1. The summed E-state index contributed by atoms with van der Waals surface area (Å²) in [7, 11) is 0. The van der Waals surface area contributed by atoms with Crippen molar-refractivity contribution in [1.29, 1.82) is 0 Å². The van der Waals surface area contributed by atoms with Crippen LogP contribution in [0.15, 0.2) is 90.2 Å². The Kier molecular flexibility index (Phi) is 6.95. The average Bonchev–Trinajstić information content (AvgIpc) is 3.41. The van der Waals surface area contributed by atoms with Gasteiger partial charge in [0.05, 0.1) is 5.92 Å². The number of Topliss-reactive ketones (excluding diaryl/α,β-unsaturated/α-hetero) is 1. The van der Waals surface area contributed by atoms with Gasteiger partial charge in [-0.05, 0) is 41.2 Å². The fourth-order valence-electron chi connectivity index (χ4n) is 5.54. The summed E-state index contributed by atoms with van der Waals surface area (Å²) in [6.07, 6.45) is 1.76. The van der Waals surface area contributed by atoms with E-state index in [2.05, 4.69) is 35.4 Å². The van der Waals surface area contributed by atoms with Gasteiger partial charge < -0.3 is 15.4 Å². The number of hydrogen-bond donors (Lipinski definition) is 3. The Morgan fingerprint density at radius 3 is 2.43 bits per heavy atom. The molecular weight excluding hydrogens is 460 g/mol. The number of nitrogens with one attached hydrogen (secondary N) is 2. The van der Waals surface area contributed by atoms with Crippen LogP contribution in [0, 0.1) is 0 Å². The summed E-state index contributed by atoms with van der Waals surface area (Å²) >= 11 is 0. The summed E-state index contributed by atoms with van der Waals surface area (Å²) in [5.74, 6) is -0.779. The zero-order valence-corrected chi connectivity index (χ0v) is 21.3. The minimum absolute atomic E-state index is 0.0408. The summed E-state index contributed by atoms with van der Waals surface area (Å²) < 4.78 is 0. The van der Waals surface area contributed by atoms with Crippen molar-refractivity contribution >= 4 is 22.6 Å². The summed E-state index contributed by atoms with van der Waals surface area (Å²) in [4.78, 5) is 28.9. The summed E-state index contributed by atoms with van der Waals surface area (Å²) in [6.45, 7) is 4.12. The smallest absolute Gasteiger partial charge is 0.216 e. The molecule has 5 nitrogen and oxygen atoms in total. The number of amides is 1. The van der Waals surface area contributed by atoms with Crippen LogP contribution >= 0.6 is 0 Å². The van der Waals surface area contributed by atoms with Crippen LogP contribution in [0.2, 0.25) is 0 Å². The van der Waals surface area contributed by atoms with Crippen LogP contribution in [0.5, 0.6) is 0 Å². The van der Waals surface area contributed by atoms with Gasteiger partial charge in [0.15, 0.2) is 5.78 Å². The van der Waals surface area contributed by atoms with E-state index in [4.69, 9.17) is 0 Å². The zero-order valence-electron chi connectivity index (χ0n) is 21.3. The molecule has 0 aliphatic heterocycles. The SMILES string of the molecule is CCc1ccc2c(CCNC(C)=O)c([C@@H](C3=C(O)[C@@H](c4ccccc4)CC3=O)c3ccccc3)[nH]c2c1. The van der Waals surface area contributed by atoms with Crippen LogP contribution in [0.3, 0.4) is 0 Å². The zero-order chi connectivity index (χ0) is 25.9. The summed E-state index contributed by atoms with van der Waals surface area (Å²) in [5.41, 5.74) is 6.48. The van der Waals surface area contributed by atoms with Crippen LogP contribution in [-0.2, 0) is 22.4 Å². The third-order valence-electron chi connectivity index (χ3n) is 7.37. The molecule has 1 amide bonds. The number of rotatable bonds is 8. The minimum Gasteiger partial charge on any atom is -0.511 e. The normalized spacial score (nSPS) is 16.4. The molecule has 0 radical (unpaired) electrons. The molecule has 37 heavy (non-hydrogen) atoms. The highest BCUT2D eigenvalue weighted by atomic mass is 16.3. The Hall–Kier alpha value is -4.12. The topological polar surface area (TPSA) is 82.2 Å². The molecule has 0 bridgehead atoms. The van der Waals surface area contributed by atoms with Gasteiger partial charge in [0.1, 0.15) is 5.76 Å². The molecule has 4 aromatic rings. The van der Waals surface area contributed by atoms with Crippen LogP contribution in [-0.4, -0.2) is 28.3 Å². The minimum atomic E-state index is -0.452. The Morgan fingerprint density at radius 2 is 1.76 bits per heavy atom. The molecule has 0 spiro atoms. The molecule has 1 aromatic heterocycles. The van der Waals surface area contributed by atoms with Crippen molar-refractivity contribution in [3.05, 3.63) is 118 Å². The van der Waals surface area contributed by atoms with E-state index in [1.807, 2.05) is 60.7 Å². The van der Waals surface area contributed by atoms with E-state index in [-0.39, 0.29) is 29.8 Å². The van der Waals surface area contributed by atoms with Crippen molar-refractivity contribution in [3.63, 3.8) is 0 Å². The molecule has 5 rings (SSSR count). The van der Waals surface area contributed by atoms with E-state index in [0.29, 0.717) is 18.5 Å². The van der Waals surface area contributed by atoms with Crippen molar-refractivity contribution in [2.24, 2.45) is 0 Å². The molecule has 0 saturated heterocycles. The molecule has 3 aromatic carbocycles. The largest absolute Gasteiger partial charge is 0.511 e. The van der Waals surface area contributed by atoms with Gasteiger partial charge in [-0.3, -0.25) is 9.59 Å². The number of carbonyl (C=O) groups is 2. The van der Waals surface area contributed by atoms with E-state index < -0.39 is 5.92 Å². The molecule has 1 aliphatic rings. The van der Waals surface area contributed by atoms with E-state index in [0.717, 1.165) is 39.7 Å². The highest BCUT2D eigenvalue weighted by Crippen LogP contribution is 2.46. The first kappa shape index (κ1) is 24.6. The predicted octanol–water partition coefficient (Wildman–Crippen LogP) is 6.11. The highest BCUT2D eigenvalue weighted by molar-refractivity contribution is 6.02. The number of carbonyl (C=O) groups excluding carboxylic acids is 2. The number of ketones is 1. The Bertz CT molecular complexity index is 1470. The summed E-state index contributed by atoms with van der Waals surface area (Å²) in [5, 5.41) is 15.5. The lowest BCUT2D eigenvalue weighted by Gasteiger charge is -2.20. The number of benzene rings is 3. The molecule has 5 heteroatoms. The monoisotopic (exact) mass is 492 g/mol. The fourth-order valence-corrected chi connectivity index (χ4v) is 5.54. The van der Waals surface area contributed by atoms with Gasteiger partial charge in [0, 0.05) is 48.0 Å². The highest BCUT2D eigenvalue weighted by Gasteiger charge is 2.40. The number of aromatic nitrogens is 1. The Balaban J connectivity index is 1.71. The van der Waals surface area contributed by atoms with Crippen LogP contribution in [0.4, 0.5) is 0 Å². The molecule has 0 fully saturated rings. The quantitative estimate of drug-likeness (QED) is 0.278. The Labute approximate surface area is 217 Å². The van der Waals surface area contributed by atoms with Gasteiger partial charge in [-0.2, -0.15) is 0 Å². The standard InChI is InChI=1S/C32H32N2O3/c1-3-21-14-15-24-25(16-17-33-20(2)35)31(34-27(24)18-21)29(23-12-8-5-9-13-23)30-28(36)19-26(32(30)37)22-10-6-4-7-11-22/h4-15,18,26,29,34,37H,3,16-17,19H2,1-2H3,(H,33,35)/t26-,29-/m1/s1. The molecule has 2 atom stereocenters. The first-order chi connectivity index (χ1) is 18.0. The predicted molar refractivity (Wildman–Crippen MR) is 147 cm³/mol. The molecule has 0 saturated carbocycles. The first-order valence-electron chi connectivity index (χ1n) is 12.9. The van der Waals surface area contributed by atoms with Crippen molar-refractivity contribution in [2.45, 2.75) is 44.9 Å². The van der Waals surface area contributed by atoms with Crippen LogP contribution < -0.4 is 5.32 Å². The number of aliphatic hydroxyl groups is 1. The second kappa shape index (κ2) is 10.5. The van der Waals surface area contributed by atoms with E-state index in [1.165, 1.54) is 12.5 Å². The lowest BCUT2D eigenvalue weighted by Crippen LogP contribution is -2.23. The number of allylic oxidation sites excluding steroid dienone is 2. The van der Waals surface area contributed by atoms with Crippen molar-refractivity contribution < 1.29 is 14.7 Å². The molecule has 1 heterocycles. The van der Waals surface area contributed by atoms with Gasteiger partial charge in [-0.15, -0.1) is 0 Å². The molecule has 3 N–H and O–H groups in total. The third-order valence-corrected chi connectivity index (χ3v) is 7.37. The molecule has 188 valence electrons. The number of H-pyrrole nitrogens is 1. The van der Waals surface area contributed by atoms with Crippen LogP contribution in [0.25, 0.3) is 10.9 Å². The maximum atomic E-state index is 13.6. The van der Waals surface area contributed by atoms with Crippen molar-refractivity contribution in [3.8, 4) is 0 Å². The number of hydrogen-bond acceptors (Lipinski definition) is 3. The fraction of sp³-hybridized carbons (Fsp3) is 0.250. The maximum Gasteiger partial charge on any atom is 0.216 e. The van der Waals surface area contributed by atoms with E-state index in [9.17, 15) is 14.7 Å². The molecule has 0 unspecified atom stereocenters. The van der Waals surface area contributed by atoms with Gasteiger partial charge in [0.2, 0.25) is 5.91 Å². The van der Waals surface area contributed by atoms with Crippen molar-refractivity contribution in [1.82, 2.24) is 10.3 Å². The molecular formula is C32H32N2O3. The first-order valence-corrected chi connectivity index (χ1v) is 12.9.